The van der Waals surface area contributed by atoms with Crippen LogP contribution in [0.2, 0.25) is 0 Å². The van der Waals surface area contributed by atoms with Gasteiger partial charge in [-0.15, -0.1) is 0 Å². The molecule has 0 spiro atoms. The van der Waals surface area contributed by atoms with E-state index in [4.69, 9.17) is 0 Å². The van der Waals surface area contributed by atoms with Crippen molar-refractivity contribution in [3.63, 3.8) is 0 Å². The van der Waals surface area contributed by atoms with E-state index in [1.54, 1.807) is 0 Å². The van der Waals surface area contributed by atoms with Crippen molar-refractivity contribution in [3.05, 3.63) is 34.7 Å². The van der Waals surface area contributed by atoms with Crippen LogP contribution in [0.3, 0.4) is 0 Å². The van der Waals surface area contributed by atoms with Gasteiger partial charge in [0.1, 0.15) is 0 Å². The third kappa shape index (κ3) is 6.64. The smallest absolute Gasteiger partial charge is 0.0461 e. The standard InChI is InChI=1S/C20H36N2/c1-8-13-14-15-16-19(18(7)21-10-3)20(17(6)9-2)22(11-4)12-5/h10,15-16H,8-9,11-14H2,1-7H3/b16-15-,19-18-,20-17?,21-10?. The Balaban J connectivity index is 5.88. The van der Waals surface area contributed by atoms with Crippen molar-refractivity contribution in [2.45, 2.75) is 74.1 Å². The lowest BCUT2D eigenvalue weighted by Crippen LogP contribution is -2.24. The normalized spacial score (nSPS) is 14.5. The molecule has 0 aromatic carbocycles. The van der Waals surface area contributed by atoms with Crippen LogP contribution >= 0.6 is 0 Å². The maximum Gasteiger partial charge on any atom is 0.0461 e. The molecule has 0 unspecified atom stereocenters. The van der Waals surface area contributed by atoms with Gasteiger partial charge in [0, 0.05) is 36.3 Å². The number of likely N-dealkylation sites (N-methyl/N-ethyl adjacent to an activating group) is 1. The zero-order valence-corrected chi connectivity index (χ0v) is 15.9. The first-order chi connectivity index (χ1) is 10.6. The number of unbranched alkanes of at least 4 members (excludes halogenated alkanes) is 2. The lowest BCUT2D eigenvalue weighted by Gasteiger charge is -2.28. The first kappa shape index (κ1) is 20.7. The topological polar surface area (TPSA) is 15.6 Å². The molecule has 0 aromatic rings. The molecule has 0 saturated heterocycles. The molecule has 0 atom stereocenters. The number of rotatable bonds is 10. The lowest BCUT2D eigenvalue weighted by molar-refractivity contribution is 0.385. The summed E-state index contributed by atoms with van der Waals surface area (Å²) in [5.41, 5.74) is 5.18. The molecule has 0 N–H and O–H groups in total. The van der Waals surface area contributed by atoms with Crippen molar-refractivity contribution in [2.75, 3.05) is 13.1 Å². The van der Waals surface area contributed by atoms with Crippen LogP contribution in [0.15, 0.2) is 39.7 Å². The summed E-state index contributed by atoms with van der Waals surface area (Å²) in [6.07, 6.45) is 11.2. The van der Waals surface area contributed by atoms with Crippen LogP contribution in [0, 0.1) is 0 Å². The Kier molecular flexibility index (Phi) is 11.5. The molecule has 126 valence electrons. The predicted molar refractivity (Wildman–Crippen MR) is 101 cm³/mol. The predicted octanol–water partition coefficient (Wildman–Crippen LogP) is 6.12. The van der Waals surface area contributed by atoms with Crippen molar-refractivity contribution in [2.24, 2.45) is 4.99 Å². The van der Waals surface area contributed by atoms with E-state index in [9.17, 15) is 0 Å². The number of hydrogen-bond donors (Lipinski definition) is 0. The molecule has 22 heavy (non-hydrogen) atoms. The summed E-state index contributed by atoms with van der Waals surface area (Å²) >= 11 is 0. The Labute approximate surface area is 138 Å². The molecule has 0 radical (unpaired) electrons. The van der Waals surface area contributed by atoms with Crippen molar-refractivity contribution < 1.29 is 0 Å². The summed E-state index contributed by atoms with van der Waals surface area (Å²) in [6.45, 7) is 17.3. The van der Waals surface area contributed by atoms with Crippen molar-refractivity contribution >= 4 is 6.21 Å². The highest BCUT2D eigenvalue weighted by Gasteiger charge is 2.14. The van der Waals surface area contributed by atoms with Gasteiger partial charge in [0.25, 0.3) is 0 Å². The maximum atomic E-state index is 4.55. The third-order valence-corrected chi connectivity index (χ3v) is 3.99. The number of allylic oxidation sites excluding steroid dienone is 4. The summed E-state index contributed by atoms with van der Waals surface area (Å²) < 4.78 is 0. The van der Waals surface area contributed by atoms with Crippen LogP contribution in [0.4, 0.5) is 0 Å². The van der Waals surface area contributed by atoms with Gasteiger partial charge in [-0.3, -0.25) is 4.99 Å². The summed E-state index contributed by atoms with van der Waals surface area (Å²) in [5, 5.41) is 0. The Morgan fingerprint density at radius 1 is 1.05 bits per heavy atom. The average Bonchev–Trinajstić information content (AvgIpc) is 2.53. The van der Waals surface area contributed by atoms with Crippen LogP contribution in [-0.2, 0) is 0 Å². The minimum Gasteiger partial charge on any atom is -0.372 e. The van der Waals surface area contributed by atoms with Crippen LogP contribution in [-0.4, -0.2) is 24.2 Å². The van der Waals surface area contributed by atoms with E-state index in [1.807, 2.05) is 13.1 Å². The van der Waals surface area contributed by atoms with E-state index in [-0.39, 0.29) is 0 Å². The zero-order valence-electron chi connectivity index (χ0n) is 15.9. The van der Waals surface area contributed by atoms with Crippen LogP contribution in [0.5, 0.6) is 0 Å². The molecule has 0 fully saturated rings. The van der Waals surface area contributed by atoms with Gasteiger partial charge in [0.2, 0.25) is 0 Å². The van der Waals surface area contributed by atoms with Gasteiger partial charge in [0.15, 0.2) is 0 Å². The van der Waals surface area contributed by atoms with E-state index >= 15 is 0 Å². The van der Waals surface area contributed by atoms with Gasteiger partial charge in [-0.25, -0.2) is 0 Å². The highest BCUT2D eigenvalue weighted by Crippen LogP contribution is 2.26. The van der Waals surface area contributed by atoms with E-state index < -0.39 is 0 Å². The fraction of sp³-hybridized carbons (Fsp3) is 0.650. The Morgan fingerprint density at radius 2 is 1.68 bits per heavy atom. The van der Waals surface area contributed by atoms with Crippen molar-refractivity contribution in [3.8, 4) is 0 Å². The van der Waals surface area contributed by atoms with Gasteiger partial charge in [-0.2, -0.15) is 0 Å². The summed E-state index contributed by atoms with van der Waals surface area (Å²) in [5.74, 6) is 0. The van der Waals surface area contributed by atoms with Crippen molar-refractivity contribution in [1.29, 1.82) is 0 Å². The van der Waals surface area contributed by atoms with Crippen molar-refractivity contribution in [1.82, 2.24) is 4.90 Å². The van der Waals surface area contributed by atoms with E-state index in [2.05, 4.69) is 63.6 Å². The molecule has 0 rings (SSSR count). The summed E-state index contributed by atoms with van der Waals surface area (Å²) in [7, 11) is 0. The Bertz CT molecular complexity index is 421. The van der Waals surface area contributed by atoms with Gasteiger partial charge >= 0.3 is 0 Å². The SMILES string of the molecule is CC=N/C(C)=C(/C=C\CCCC)C(=C(C)CC)N(CC)CC. The quantitative estimate of drug-likeness (QED) is 0.269. The monoisotopic (exact) mass is 304 g/mol. The third-order valence-electron chi connectivity index (χ3n) is 3.99. The fourth-order valence-electron chi connectivity index (χ4n) is 2.53. The molecule has 0 aliphatic heterocycles. The van der Waals surface area contributed by atoms with Gasteiger partial charge < -0.3 is 4.90 Å². The van der Waals surface area contributed by atoms with Crippen LogP contribution < -0.4 is 0 Å². The second kappa shape index (κ2) is 12.3. The number of hydrogen-bond acceptors (Lipinski definition) is 2. The minimum atomic E-state index is 1.03. The second-order valence-corrected chi connectivity index (χ2v) is 5.59. The largest absolute Gasteiger partial charge is 0.372 e. The molecular formula is C20H36N2. The Hall–Kier alpha value is -1.31. The van der Waals surface area contributed by atoms with E-state index in [0.29, 0.717) is 0 Å². The van der Waals surface area contributed by atoms with E-state index in [1.165, 1.54) is 29.7 Å². The molecule has 0 bridgehead atoms. The van der Waals surface area contributed by atoms with Crippen LogP contribution in [0.1, 0.15) is 74.1 Å². The highest BCUT2D eigenvalue weighted by molar-refractivity contribution is 5.57. The number of nitrogens with zero attached hydrogens (tertiary/aromatic N) is 2. The lowest BCUT2D eigenvalue weighted by atomic mass is 10.0. The molecule has 0 heterocycles. The van der Waals surface area contributed by atoms with Gasteiger partial charge in [-0.1, -0.05) is 38.8 Å². The summed E-state index contributed by atoms with van der Waals surface area (Å²) in [4.78, 5) is 7.01. The average molecular weight is 305 g/mol. The number of aliphatic imine (C=N–C) groups is 1. The van der Waals surface area contributed by atoms with Crippen LogP contribution in [0.25, 0.3) is 0 Å². The molecule has 0 aliphatic carbocycles. The molecular weight excluding hydrogens is 268 g/mol. The molecule has 0 amide bonds. The van der Waals surface area contributed by atoms with Gasteiger partial charge in [0.05, 0.1) is 0 Å². The Morgan fingerprint density at radius 3 is 2.14 bits per heavy atom. The molecule has 0 aromatic heterocycles. The minimum absolute atomic E-state index is 1.03. The molecule has 2 heteroatoms. The van der Waals surface area contributed by atoms with Gasteiger partial charge in [-0.05, 0) is 53.0 Å². The molecule has 0 saturated carbocycles. The fourth-order valence-corrected chi connectivity index (χ4v) is 2.53. The summed E-state index contributed by atoms with van der Waals surface area (Å²) in [6, 6.07) is 0. The molecule has 0 aliphatic rings. The molecule has 2 nitrogen and oxygen atoms in total. The first-order valence-corrected chi connectivity index (χ1v) is 8.88. The first-order valence-electron chi connectivity index (χ1n) is 8.88. The van der Waals surface area contributed by atoms with E-state index in [0.717, 1.165) is 31.6 Å². The maximum absolute atomic E-state index is 4.55. The highest BCUT2D eigenvalue weighted by atomic mass is 15.1. The second-order valence-electron chi connectivity index (χ2n) is 5.59. The zero-order chi connectivity index (χ0) is 17.0.